The van der Waals surface area contributed by atoms with Crippen LogP contribution >= 0.6 is 0 Å². The van der Waals surface area contributed by atoms with Crippen molar-refractivity contribution in [2.24, 2.45) is 11.7 Å². The molecule has 0 bridgehead atoms. The first-order chi connectivity index (χ1) is 18.1. The minimum Gasteiger partial charge on any atom is -0.508 e. The first-order valence-electron chi connectivity index (χ1n) is 12.8. The maximum absolute atomic E-state index is 13.3. The Balaban J connectivity index is 1.67. The Kier molecular flexibility index (Phi) is 9.83. The molecule has 7 N–H and O–H groups in total. The van der Waals surface area contributed by atoms with Crippen LogP contribution in [-0.4, -0.2) is 79.5 Å². The third-order valence-corrected chi connectivity index (χ3v) is 6.93. The molecule has 1 aromatic carbocycles. The molecule has 2 heterocycles. The van der Waals surface area contributed by atoms with Gasteiger partial charge in [-0.05, 0) is 42.9 Å². The van der Waals surface area contributed by atoms with Gasteiger partial charge in [0.05, 0.1) is 12.4 Å². The zero-order valence-electron chi connectivity index (χ0n) is 21.6. The SMILES string of the molecule is CCC(C)C(NC(=O)C1CCCN1C(=O)C(N)Cc1ccc(O)cc1)C(=O)NC(Cc1cnc[nH]1)C(=O)O. The van der Waals surface area contributed by atoms with Gasteiger partial charge in [0.2, 0.25) is 17.7 Å². The lowest BCUT2D eigenvalue weighted by atomic mass is 9.97. The fraction of sp³-hybridized carbons (Fsp3) is 0.500. The van der Waals surface area contributed by atoms with Crippen LogP contribution in [0, 0.1) is 5.92 Å². The summed E-state index contributed by atoms with van der Waals surface area (Å²) in [6.45, 7) is 4.02. The van der Waals surface area contributed by atoms with Gasteiger partial charge in [-0.2, -0.15) is 0 Å². The second kappa shape index (κ2) is 13.0. The fourth-order valence-corrected chi connectivity index (χ4v) is 4.52. The summed E-state index contributed by atoms with van der Waals surface area (Å²) >= 11 is 0. The van der Waals surface area contributed by atoms with Gasteiger partial charge < -0.3 is 36.5 Å². The minimum absolute atomic E-state index is 0.00602. The number of aromatic amines is 1. The quantitative estimate of drug-likeness (QED) is 0.227. The highest BCUT2D eigenvalue weighted by Gasteiger charge is 2.38. The van der Waals surface area contributed by atoms with Crippen LogP contribution in [0.5, 0.6) is 5.75 Å². The van der Waals surface area contributed by atoms with Crippen molar-refractivity contribution in [1.82, 2.24) is 25.5 Å². The van der Waals surface area contributed by atoms with Crippen LogP contribution in [-0.2, 0) is 32.0 Å². The van der Waals surface area contributed by atoms with Crippen molar-refractivity contribution in [3.05, 3.63) is 48.0 Å². The monoisotopic (exact) mass is 528 g/mol. The molecule has 1 aliphatic heterocycles. The molecule has 3 rings (SSSR count). The number of phenolic OH excluding ortho intramolecular Hbond substituents is 1. The Hall–Kier alpha value is -3.93. The molecule has 1 fully saturated rings. The number of nitrogens with zero attached hydrogens (tertiary/aromatic N) is 2. The molecule has 0 radical (unpaired) electrons. The molecule has 0 spiro atoms. The van der Waals surface area contributed by atoms with Gasteiger partial charge in [-0.25, -0.2) is 9.78 Å². The number of imidazole rings is 1. The number of hydrogen-bond donors (Lipinski definition) is 6. The van der Waals surface area contributed by atoms with Crippen molar-refractivity contribution >= 4 is 23.7 Å². The van der Waals surface area contributed by atoms with Gasteiger partial charge in [0.1, 0.15) is 23.9 Å². The van der Waals surface area contributed by atoms with Crippen LogP contribution in [0.4, 0.5) is 0 Å². The van der Waals surface area contributed by atoms with Crippen molar-refractivity contribution in [3.63, 3.8) is 0 Å². The van der Waals surface area contributed by atoms with E-state index in [1.807, 2.05) is 6.92 Å². The lowest BCUT2D eigenvalue weighted by molar-refractivity contribution is -0.143. The summed E-state index contributed by atoms with van der Waals surface area (Å²) in [5, 5.41) is 24.4. The van der Waals surface area contributed by atoms with E-state index in [1.165, 1.54) is 29.6 Å². The molecular weight excluding hydrogens is 492 g/mol. The molecule has 1 aliphatic rings. The summed E-state index contributed by atoms with van der Waals surface area (Å²) in [5.41, 5.74) is 7.50. The first kappa shape index (κ1) is 28.6. The summed E-state index contributed by atoms with van der Waals surface area (Å²) in [4.78, 5) is 59.5. The van der Waals surface area contributed by atoms with Crippen LogP contribution in [0.3, 0.4) is 0 Å². The van der Waals surface area contributed by atoms with Crippen LogP contribution in [0.25, 0.3) is 0 Å². The van der Waals surface area contributed by atoms with Crippen LogP contribution in [0.15, 0.2) is 36.8 Å². The number of rotatable bonds is 12. The molecule has 12 heteroatoms. The number of likely N-dealkylation sites (tertiary alicyclic amines) is 1. The summed E-state index contributed by atoms with van der Waals surface area (Å²) < 4.78 is 0. The number of amides is 3. The van der Waals surface area contributed by atoms with E-state index in [4.69, 9.17) is 5.73 Å². The maximum Gasteiger partial charge on any atom is 0.326 e. The second-order valence-electron chi connectivity index (χ2n) is 9.72. The number of hydrogen-bond acceptors (Lipinski definition) is 7. The Morgan fingerprint density at radius 3 is 2.50 bits per heavy atom. The van der Waals surface area contributed by atoms with E-state index in [-0.39, 0.29) is 30.4 Å². The number of nitrogens with one attached hydrogen (secondary N) is 3. The zero-order chi connectivity index (χ0) is 27.8. The number of H-pyrrole nitrogens is 1. The van der Waals surface area contributed by atoms with E-state index >= 15 is 0 Å². The van der Waals surface area contributed by atoms with Crippen molar-refractivity contribution in [3.8, 4) is 5.75 Å². The normalized spacial score (nSPS) is 18.3. The highest BCUT2D eigenvalue weighted by molar-refractivity contribution is 5.94. The Bertz CT molecular complexity index is 1110. The molecule has 12 nitrogen and oxygen atoms in total. The highest BCUT2D eigenvalue weighted by Crippen LogP contribution is 2.21. The van der Waals surface area contributed by atoms with Crippen LogP contribution < -0.4 is 16.4 Å². The number of carbonyl (C=O) groups excluding carboxylic acids is 3. The standard InChI is InChI=1S/C26H36N6O6/c1-3-15(2)22(24(35)30-20(26(37)38)12-17-13-28-14-29-17)31-23(34)21-5-4-10-32(21)25(36)19(27)11-16-6-8-18(33)9-7-16/h6-9,13-15,19-22,33H,3-5,10-12,27H2,1-2H3,(H,28,29)(H,30,35)(H,31,34)(H,37,38). The van der Waals surface area contributed by atoms with E-state index < -0.39 is 42.0 Å². The van der Waals surface area contributed by atoms with Crippen molar-refractivity contribution in [2.75, 3.05) is 6.54 Å². The average molecular weight is 529 g/mol. The Morgan fingerprint density at radius 1 is 1.18 bits per heavy atom. The molecule has 0 aliphatic carbocycles. The number of benzene rings is 1. The van der Waals surface area contributed by atoms with Gasteiger partial charge >= 0.3 is 5.97 Å². The average Bonchev–Trinajstić information content (AvgIpc) is 3.59. The molecule has 5 unspecified atom stereocenters. The number of aromatic nitrogens is 2. The number of carbonyl (C=O) groups is 4. The predicted molar refractivity (Wildman–Crippen MR) is 138 cm³/mol. The van der Waals surface area contributed by atoms with Gasteiger partial charge in [-0.1, -0.05) is 32.4 Å². The molecule has 3 amide bonds. The predicted octanol–water partition coefficient (Wildman–Crippen LogP) is 0.319. The van der Waals surface area contributed by atoms with E-state index in [0.29, 0.717) is 31.5 Å². The van der Waals surface area contributed by atoms with Crippen LogP contribution in [0.2, 0.25) is 0 Å². The molecule has 2 aromatic rings. The zero-order valence-corrected chi connectivity index (χ0v) is 21.6. The first-order valence-corrected chi connectivity index (χ1v) is 12.8. The third kappa shape index (κ3) is 7.31. The molecule has 38 heavy (non-hydrogen) atoms. The topological polar surface area (TPSA) is 191 Å². The third-order valence-electron chi connectivity index (χ3n) is 6.93. The second-order valence-corrected chi connectivity index (χ2v) is 9.72. The number of carboxylic acid groups (broad SMARTS) is 1. The largest absolute Gasteiger partial charge is 0.508 e. The Labute approximate surface area is 221 Å². The van der Waals surface area contributed by atoms with Gasteiger partial charge in [0, 0.05) is 24.9 Å². The lowest BCUT2D eigenvalue weighted by Gasteiger charge is -2.30. The summed E-state index contributed by atoms with van der Waals surface area (Å²) in [5.74, 6) is -2.85. The van der Waals surface area contributed by atoms with Gasteiger partial charge in [0.15, 0.2) is 0 Å². The van der Waals surface area contributed by atoms with Crippen molar-refractivity contribution in [2.45, 2.75) is 70.1 Å². The number of aliphatic carboxylic acids is 1. The van der Waals surface area contributed by atoms with Crippen molar-refractivity contribution in [1.29, 1.82) is 0 Å². The molecule has 5 atom stereocenters. The van der Waals surface area contributed by atoms with E-state index in [9.17, 15) is 29.4 Å². The Morgan fingerprint density at radius 2 is 1.89 bits per heavy atom. The summed E-state index contributed by atoms with van der Waals surface area (Å²) in [6, 6.07) is 2.54. The highest BCUT2D eigenvalue weighted by atomic mass is 16.4. The van der Waals surface area contributed by atoms with Crippen LogP contribution in [0.1, 0.15) is 44.4 Å². The molecule has 0 saturated carbocycles. The fourth-order valence-electron chi connectivity index (χ4n) is 4.52. The number of carboxylic acids is 1. The maximum atomic E-state index is 13.3. The number of nitrogens with two attached hydrogens (primary N) is 1. The molecular formula is C26H36N6O6. The van der Waals surface area contributed by atoms with E-state index in [2.05, 4.69) is 20.6 Å². The van der Waals surface area contributed by atoms with Crippen molar-refractivity contribution < 1.29 is 29.4 Å². The van der Waals surface area contributed by atoms with E-state index in [0.717, 1.165) is 5.56 Å². The smallest absolute Gasteiger partial charge is 0.326 e. The molecule has 206 valence electrons. The summed E-state index contributed by atoms with van der Waals surface area (Å²) in [6.07, 6.45) is 4.75. The van der Waals surface area contributed by atoms with Gasteiger partial charge in [-0.15, -0.1) is 0 Å². The number of aromatic hydroxyl groups is 1. The van der Waals surface area contributed by atoms with Gasteiger partial charge in [0.25, 0.3) is 0 Å². The summed E-state index contributed by atoms with van der Waals surface area (Å²) in [7, 11) is 0. The number of phenols is 1. The minimum atomic E-state index is -1.21. The van der Waals surface area contributed by atoms with Gasteiger partial charge in [-0.3, -0.25) is 14.4 Å². The molecule has 1 saturated heterocycles. The molecule has 1 aromatic heterocycles. The van der Waals surface area contributed by atoms with E-state index in [1.54, 1.807) is 19.1 Å². The lowest BCUT2D eigenvalue weighted by Crippen LogP contribution is -2.58.